The zero-order valence-corrected chi connectivity index (χ0v) is 8.67. The first-order valence-electron chi connectivity index (χ1n) is 2.39. The Balaban J connectivity index is 0. The van der Waals surface area contributed by atoms with Crippen LogP contribution in [0.3, 0.4) is 0 Å². The number of nitrogens with zero attached hydrogens (tertiary/aromatic N) is 1. The number of aryl methyl sites for hydroxylation is 1. The van der Waals surface area contributed by atoms with Crippen molar-refractivity contribution in [3.05, 3.63) is 23.9 Å². The summed E-state index contributed by atoms with van der Waals surface area (Å²) in [4.78, 5) is 3.52. The second-order valence-electron chi connectivity index (χ2n) is 1.67. The van der Waals surface area contributed by atoms with Gasteiger partial charge in [-0.3, -0.25) is 4.98 Å². The Morgan fingerprint density at radius 3 is 2.30 bits per heavy atom. The van der Waals surface area contributed by atoms with Crippen LogP contribution in [-0.2, 0) is 0 Å². The van der Waals surface area contributed by atoms with E-state index < -0.39 is 0 Å². The van der Waals surface area contributed by atoms with Crippen LogP contribution in [0.4, 0.5) is 0 Å². The summed E-state index contributed by atoms with van der Waals surface area (Å²) in [5.41, 5.74) is 1.02. The smallest absolute Gasteiger partial charge is 1.00 e. The molecule has 0 saturated heterocycles. The van der Waals surface area contributed by atoms with Crippen LogP contribution >= 0.6 is 0 Å². The van der Waals surface area contributed by atoms with Crippen LogP contribution in [0.1, 0.15) is 5.56 Å². The van der Waals surface area contributed by atoms with E-state index in [-0.39, 0.29) is 45.9 Å². The van der Waals surface area contributed by atoms with Crippen LogP contribution < -0.4 is 22.1 Å². The van der Waals surface area contributed by atoms with Crippen molar-refractivity contribution in [1.29, 1.82) is 0 Å². The average molecular weight is 212 g/mol. The summed E-state index contributed by atoms with van der Waals surface area (Å²) < 4.78 is 0. The van der Waals surface area contributed by atoms with Crippen molar-refractivity contribution in [3.63, 3.8) is 0 Å². The van der Waals surface area contributed by atoms with Gasteiger partial charge in [0.15, 0.2) is 0 Å². The minimum Gasteiger partial charge on any atom is -1.00 e. The van der Waals surface area contributed by atoms with Crippen molar-refractivity contribution in [2.75, 3.05) is 0 Å². The second kappa shape index (κ2) is 5.94. The quantitative estimate of drug-likeness (QED) is 0.432. The molecule has 1 heterocycles. The van der Waals surface area contributed by atoms with Gasteiger partial charge in [0.2, 0.25) is 0 Å². The maximum Gasteiger partial charge on any atom is 2.00 e. The van der Waals surface area contributed by atoms with E-state index in [1.54, 1.807) is 12.3 Å². The third kappa shape index (κ3) is 4.08. The molecule has 0 amide bonds. The summed E-state index contributed by atoms with van der Waals surface area (Å²) in [6.07, 6.45) is 1.56. The van der Waals surface area contributed by atoms with Crippen LogP contribution in [0.2, 0.25) is 0 Å². The molecule has 0 spiro atoms. The van der Waals surface area contributed by atoms with E-state index in [0.717, 1.165) is 5.56 Å². The van der Waals surface area contributed by atoms with E-state index in [1.165, 1.54) is 6.07 Å². The summed E-state index contributed by atoms with van der Waals surface area (Å²) in [7, 11) is 0. The predicted molar refractivity (Wildman–Crippen MR) is 34.2 cm³/mol. The first kappa shape index (κ1) is 12.8. The molecule has 2 nitrogen and oxygen atoms in total. The molecule has 4 heteroatoms. The molecule has 0 atom stereocenters. The van der Waals surface area contributed by atoms with E-state index in [4.69, 9.17) is 0 Å². The van der Waals surface area contributed by atoms with Crippen molar-refractivity contribution in [1.82, 2.24) is 4.98 Å². The molecule has 0 aliphatic heterocycles. The zero-order chi connectivity index (χ0) is 5.98. The molecule has 1 aromatic rings. The van der Waals surface area contributed by atoms with Gasteiger partial charge in [-0.15, -0.1) is 0 Å². The number of hydrogen-bond acceptors (Lipinski definition) is 2. The molecule has 0 aliphatic rings. The molecule has 50 valence electrons. The van der Waals surface area contributed by atoms with E-state index >= 15 is 0 Å². The zero-order valence-electron chi connectivity index (χ0n) is 5.67. The van der Waals surface area contributed by atoms with Crippen LogP contribution in [0, 0.1) is 6.92 Å². The second-order valence-corrected chi connectivity index (χ2v) is 1.67. The maximum atomic E-state index is 10.3. The molecule has 0 bridgehead atoms. The van der Waals surface area contributed by atoms with Crippen LogP contribution in [0.15, 0.2) is 18.3 Å². The molecule has 0 saturated carbocycles. The van der Waals surface area contributed by atoms with Gasteiger partial charge in [0, 0.05) is 6.20 Å². The first-order chi connectivity index (χ1) is 3.79. The number of aromatic nitrogens is 1. The van der Waals surface area contributed by atoms with Crippen molar-refractivity contribution in [2.24, 2.45) is 0 Å². The summed E-state index contributed by atoms with van der Waals surface area (Å²) in [5, 5.41) is 10.3. The molecule has 0 radical (unpaired) electrons. The fourth-order valence-corrected chi connectivity index (χ4v) is 0.454. The molecule has 0 N–H and O–H groups in total. The molecular weight excluding hydrogens is 206 g/mol. The van der Waals surface area contributed by atoms with Gasteiger partial charge in [-0.1, -0.05) is 12.1 Å². The average Bonchev–Trinajstić information content (AvgIpc) is 1.77. The Labute approximate surface area is 86.6 Å². The van der Waals surface area contributed by atoms with Crippen molar-refractivity contribution in [2.45, 2.75) is 6.92 Å². The van der Waals surface area contributed by atoms with Crippen molar-refractivity contribution in [3.8, 4) is 5.88 Å². The minimum absolute atomic E-state index is 0. The standard InChI is InChI=1S/C6H7NO.BrH.Mg/c1-5-2-3-6(8)7-4-5;;/h2-4H,1H3,(H,7,8);1H;/q;;+2/p-2. The molecule has 0 aromatic carbocycles. The van der Waals surface area contributed by atoms with E-state index in [9.17, 15) is 5.11 Å². The molecule has 0 unspecified atom stereocenters. The molecule has 10 heavy (non-hydrogen) atoms. The topological polar surface area (TPSA) is 36.0 Å². The molecule has 1 rings (SSSR count). The van der Waals surface area contributed by atoms with Gasteiger partial charge in [0.25, 0.3) is 0 Å². The van der Waals surface area contributed by atoms with E-state index in [2.05, 4.69) is 4.98 Å². The Morgan fingerprint density at radius 2 is 2.00 bits per heavy atom. The minimum atomic E-state index is -0.171. The number of hydrogen-bond donors (Lipinski definition) is 0. The predicted octanol–water partition coefficient (Wildman–Crippen LogP) is -2.91. The van der Waals surface area contributed by atoms with Crippen LogP contribution in [0.25, 0.3) is 0 Å². The van der Waals surface area contributed by atoms with Crippen molar-refractivity contribution < 1.29 is 22.1 Å². The van der Waals surface area contributed by atoms with Gasteiger partial charge >= 0.3 is 23.1 Å². The number of rotatable bonds is 0. The SMILES string of the molecule is Cc1ccc([O-])nc1.[Br-].[Mg+2]. The monoisotopic (exact) mass is 211 g/mol. The van der Waals surface area contributed by atoms with Crippen LogP contribution in [0.5, 0.6) is 5.88 Å². The Bertz CT molecular complexity index is 157. The fraction of sp³-hybridized carbons (Fsp3) is 0.167. The van der Waals surface area contributed by atoms with Crippen LogP contribution in [-0.4, -0.2) is 28.0 Å². The molecule has 1 aromatic heterocycles. The van der Waals surface area contributed by atoms with Gasteiger partial charge < -0.3 is 22.1 Å². The van der Waals surface area contributed by atoms with E-state index in [0.29, 0.717) is 0 Å². The number of pyridine rings is 1. The summed E-state index contributed by atoms with van der Waals surface area (Å²) in [6.45, 7) is 1.90. The van der Waals surface area contributed by atoms with Crippen molar-refractivity contribution >= 4 is 23.1 Å². The Kier molecular flexibility index (Phi) is 7.63. The fourth-order valence-electron chi connectivity index (χ4n) is 0.454. The summed E-state index contributed by atoms with van der Waals surface area (Å²) in [5.74, 6) is -0.171. The maximum absolute atomic E-state index is 10.3. The van der Waals surface area contributed by atoms with Gasteiger partial charge in [-0.2, -0.15) is 0 Å². The van der Waals surface area contributed by atoms with Gasteiger partial charge in [0.05, 0.1) is 0 Å². The Morgan fingerprint density at radius 1 is 1.40 bits per heavy atom. The third-order valence-corrected chi connectivity index (χ3v) is 0.884. The molecule has 0 fully saturated rings. The van der Waals surface area contributed by atoms with Gasteiger partial charge in [-0.05, 0) is 18.4 Å². The van der Waals surface area contributed by atoms with Gasteiger partial charge in [-0.25, -0.2) is 0 Å². The molecule has 0 aliphatic carbocycles. The third-order valence-electron chi connectivity index (χ3n) is 0.884. The van der Waals surface area contributed by atoms with Gasteiger partial charge in [0.1, 0.15) is 0 Å². The summed E-state index contributed by atoms with van der Waals surface area (Å²) in [6, 6.07) is 3.20. The molecular formula is C6H6BrMgNO. The first-order valence-corrected chi connectivity index (χ1v) is 2.39. The van der Waals surface area contributed by atoms with E-state index in [1.807, 2.05) is 6.92 Å². The summed E-state index contributed by atoms with van der Waals surface area (Å²) >= 11 is 0. The normalized spacial score (nSPS) is 7.30. The Hall–Kier alpha value is 0.196. The number of halogens is 1. The largest absolute Gasteiger partial charge is 2.00 e.